The first-order chi connectivity index (χ1) is 14.8. The van der Waals surface area contributed by atoms with Crippen molar-refractivity contribution in [3.8, 4) is 0 Å². The van der Waals surface area contributed by atoms with Crippen LogP contribution in [0.4, 0.5) is 0 Å². The summed E-state index contributed by atoms with van der Waals surface area (Å²) in [5.41, 5.74) is 3.81. The molecule has 2 N–H and O–H groups in total. The Morgan fingerprint density at radius 2 is 1.38 bits per heavy atom. The summed E-state index contributed by atoms with van der Waals surface area (Å²) in [5.74, 6) is 0.773. The van der Waals surface area contributed by atoms with Crippen molar-refractivity contribution in [1.82, 2.24) is 0 Å². The van der Waals surface area contributed by atoms with E-state index in [-0.39, 0.29) is 16.9 Å². The summed E-state index contributed by atoms with van der Waals surface area (Å²) < 4.78 is 0. The van der Waals surface area contributed by atoms with Gasteiger partial charge in [0.25, 0.3) is 0 Å². The lowest BCUT2D eigenvalue weighted by Gasteiger charge is -2.62. The first-order valence-electron chi connectivity index (χ1n) is 13.2. The minimum Gasteiger partial charge on any atom is -0.393 e. The highest BCUT2D eigenvalue weighted by Gasteiger charge is 2.59. The van der Waals surface area contributed by atoms with Crippen LogP contribution in [0, 0.1) is 22.7 Å². The Morgan fingerprint density at radius 1 is 0.812 bits per heavy atom. The van der Waals surface area contributed by atoms with Crippen molar-refractivity contribution in [3.05, 3.63) is 34.9 Å². The molecular formula is C30H52O2. The lowest BCUT2D eigenvalue weighted by molar-refractivity contribution is -0.195. The molecule has 2 saturated carbocycles. The summed E-state index contributed by atoms with van der Waals surface area (Å²) in [5, 5.41) is 22.0. The van der Waals surface area contributed by atoms with Crippen LogP contribution in [0.15, 0.2) is 34.9 Å². The Kier molecular flexibility index (Phi) is 9.45. The van der Waals surface area contributed by atoms with E-state index in [1.54, 1.807) is 0 Å². The average Bonchev–Trinajstić information content (AvgIpc) is 2.67. The van der Waals surface area contributed by atoms with Gasteiger partial charge >= 0.3 is 0 Å². The maximum Gasteiger partial charge on any atom is 0.0653 e. The molecule has 0 saturated heterocycles. The number of rotatable bonds is 9. The lowest BCUT2D eigenvalue weighted by atomic mass is 9.44. The van der Waals surface area contributed by atoms with E-state index in [1.165, 1.54) is 16.7 Å². The van der Waals surface area contributed by atoms with Crippen molar-refractivity contribution in [2.75, 3.05) is 0 Å². The number of aliphatic hydroxyl groups is 2. The SMILES string of the molecule is CC(C)=CCC/C(C)=C/CCC(C)=CCC[C@@H]1[C@@]2(C)CC[C@H](O)C(C)(C)[C@@H]2CC[C@@]1(C)O. The largest absolute Gasteiger partial charge is 0.393 e. The van der Waals surface area contributed by atoms with Gasteiger partial charge in [0.15, 0.2) is 0 Å². The third-order valence-corrected chi connectivity index (χ3v) is 9.07. The molecule has 2 rings (SSSR count). The van der Waals surface area contributed by atoms with E-state index < -0.39 is 5.60 Å². The maximum atomic E-state index is 11.4. The second-order valence-corrected chi connectivity index (χ2v) is 12.4. The van der Waals surface area contributed by atoms with E-state index in [2.05, 4.69) is 73.6 Å². The van der Waals surface area contributed by atoms with Crippen LogP contribution in [-0.2, 0) is 0 Å². The minimum atomic E-state index is -0.601. The smallest absolute Gasteiger partial charge is 0.0653 e. The first kappa shape index (κ1) is 27.4. The van der Waals surface area contributed by atoms with Gasteiger partial charge in [-0.1, -0.05) is 55.7 Å². The van der Waals surface area contributed by atoms with Crippen molar-refractivity contribution < 1.29 is 10.2 Å². The van der Waals surface area contributed by atoms with E-state index in [1.807, 2.05) is 0 Å². The molecule has 2 fully saturated rings. The van der Waals surface area contributed by atoms with E-state index >= 15 is 0 Å². The third kappa shape index (κ3) is 6.60. The van der Waals surface area contributed by atoms with Gasteiger partial charge in [-0.15, -0.1) is 0 Å². The molecule has 0 radical (unpaired) electrons. The third-order valence-electron chi connectivity index (χ3n) is 9.07. The highest BCUT2D eigenvalue weighted by Crippen LogP contribution is 2.62. The topological polar surface area (TPSA) is 40.5 Å². The highest BCUT2D eigenvalue weighted by atomic mass is 16.3. The summed E-state index contributed by atoms with van der Waals surface area (Å²) in [7, 11) is 0. The van der Waals surface area contributed by atoms with Crippen LogP contribution in [-0.4, -0.2) is 21.9 Å². The van der Waals surface area contributed by atoms with Crippen LogP contribution < -0.4 is 0 Å². The Balaban J connectivity index is 1.94. The van der Waals surface area contributed by atoms with Gasteiger partial charge in [-0.25, -0.2) is 0 Å². The van der Waals surface area contributed by atoms with Gasteiger partial charge < -0.3 is 10.2 Å². The molecule has 32 heavy (non-hydrogen) atoms. The predicted molar refractivity (Wildman–Crippen MR) is 139 cm³/mol. The van der Waals surface area contributed by atoms with Gasteiger partial charge in [0, 0.05) is 0 Å². The van der Waals surface area contributed by atoms with Crippen LogP contribution in [0.2, 0.25) is 0 Å². The number of fused-ring (bicyclic) bond motifs is 1. The fourth-order valence-electron chi connectivity index (χ4n) is 6.99. The van der Waals surface area contributed by atoms with Crippen molar-refractivity contribution in [2.24, 2.45) is 22.7 Å². The van der Waals surface area contributed by atoms with Crippen molar-refractivity contribution in [1.29, 1.82) is 0 Å². The van der Waals surface area contributed by atoms with Gasteiger partial charge in [-0.05, 0) is 121 Å². The lowest BCUT2D eigenvalue weighted by Crippen LogP contribution is -2.60. The van der Waals surface area contributed by atoms with Crippen LogP contribution in [0.5, 0.6) is 0 Å². The number of hydrogen-bond acceptors (Lipinski definition) is 2. The van der Waals surface area contributed by atoms with Gasteiger partial charge in [-0.2, -0.15) is 0 Å². The van der Waals surface area contributed by atoms with Crippen LogP contribution in [0.25, 0.3) is 0 Å². The molecule has 0 unspecified atom stereocenters. The van der Waals surface area contributed by atoms with Crippen molar-refractivity contribution in [2.45, 2.75) is 131 Å². The Morgan fingerprint density at radius 3 is 1.97 bits per heavy atom. The second-order valence-electron chi connectivity index (χ2n) is 12.4. The molecular weight excluding hydrogens is 392 g/mol. The summed E-state index contributed by atoms with van der Waals surface area (Å²) >= 11 is 0. The molecule has 0 aliphatic heterocycles. The molecule has 0 aromatic carbocycles. The summed E-state index contributed by atoms with van der Waals surface area (Å²) in [6, 6.07) is 0. The van der Waals surface area contributed by atoms with E-state index in [4.69, 9.17) is 0 Å². The highest BCUT2D eigenvalue weighted by molar-refractivity contribution is 5.10. The molecule has 0 bridgehead atoms. The molecule has 0 heterocycles. The van der Waals surface area contributed by atoms with Crippen molar-refractivity contribution >= 4 is 0 Å². The van der Waals surface area contributed by atoms with Crippen molar-refractivity contribution in [3.63, 3.8) is 0 Å². The molecule has 0 aromatic heterocycles. The standard InChI is InChI=1S/C30H52O2/c1-22(2)12-9-13-23(3)14-10-15-24(4)16-11-17-26-29(7)20-19-27(31)28(5,6)25(29)18-21-30(26,8)32/h12,14,16,25-27,31-32H,9-11,13,15,17-21H2,1-8H3/b23-14+,24-16?/t25-,26+,27-,29-,30+/m0/s1. The summed E-state index contributed by atoms with van der Waals surface area (Å²) in [6.07, 6.45) is 17.3. The molecule has 0 spiro atoms. The number of aliphatic hydroxyl groups excluding tert-OH is 1. The number of allylic oxidation sites excluding steroid dienone is 6. The zero-order valence-corrected chi connectivity index (χ0v) is 22.4. The summed E-state index contributed by atoms with van der Waals surface area (Å²) in [6.45, 7) is 17.8. The molecule has 184 valence electrons. The van der Waals surface area contributed by atoms with Crippen LogP contribution >= 0.6 is 0 Å². The van der Waals surface area contributed by atoms with Crippen LogP contribution in [0.1, 0.15) is 120 Å². The van der Waals surface area contributed by atoms with Gasteiger partial charge in [0.1, 0.15) is 0 Å². The van der Waals surface area contributed by atoms with E-state index in [0.717, 1.165) is 64.2 Å². The van der Waals surface area contributed by atoms with Gasteiger partial charge in [0.05, 0.1) is 11.7 Å². The van der Waals surface area contributed by atoms with Gasteiger partial charge in [-0.3, -0.25) is 0 Å². The molecule has 2 aliphatic rings. The van der Waals surface area contributed by atoms with E-state index in [0.29, 0.717) is 11.8 Å². The molecule has 2 heteroatoms. The monoisotopic (exact) mass is 444 g/mol. The molecule has 2 aliphatic carbocycles. The first-order valence-corrected chi connectivity index (χ1v) is 13.2. The predicted octanol–water partition coefficient (Wildman–Crippen LogP) is 8.15. The normalized spacial score (nSPS) is 35.4. The summed E-state index contributed by atoms with van der Waals surface area (Å²) in [4.78, 5) is 0. The van der Waals surface area contributed by atoms with Gasteiger partial charge in [0.2, 0.25) is 0 Å². The Bertz CT molecular complexity index is 704. The Hall–Kier alpha value is -0.860. The quantitative estimate of drug-likeness (QED) is 0.352. The number of hydrogen-bond donors (Lipinski definition) is 2. The van der Waals surface area contributed by atoms with E-state index in [9.17, 15) is 10.2 Å². The van der Waals surface area contributed by atoms with Crippen LogP contribution in [0.3, 0.4) is 0 Å². The Labute approximate surface area is 199 Å². The second kappa shape index (κ2) is 11.0. The zero-order chi connectivity index (χ0) is 24.2. The molecule has 2 nitrogen and oxygen atoms in total. The zero-order valence-electron chi connectivity index (χ0n) is 22.4. The minimum absolute atomic E-state index is 0.0662. The molecule has 5 atom stereocenters. The molecule has 0 aromatic rings. The maximum absolute atomic E-state index is 11.4. The fraction of sp³-hybridized carbons (Fsp3) is 0.800. The fourth-order valence-corrected chi connectivity index (χ4v) is 6.99. The molecule has 0 amide bonds. The average molecular weight is 445 g/mol.